The fourth-order valence-corrected chi connectivity index (χ4v) is 1.37. The summed E-state index contributed by atoms with van der Waals surface area (Å²) in [5.41, 5.74) is -0.0988. The molecule has 15 heavy (non-hydrogen) atoms. The Morgan fingerprint density at radius 1 is 1.60 bits per heavy atom. The molecule has 0 atom stereocenters. The summed E-state index contributed by atoms with van der Waals surface area (Å²) in [6.45, 7) is 1.88. The standard InChI is InChI=1S/C9H9NO4S/c1-2-14-9(11)6-4-3-5-7(8(6)15)10(12)13/h3-5,15H,2H2,1H3. The van der Waals surface area contributed by atoms with Gasteiger partial charge in [-0.2, -0.15) is 0 Å². The molecule has 0 aromatic heterocycles. The minimum atomic E-state index is -0.605. The lowest BCUT2D eigenvalue weighted by Crippen LogP contribution is -2.06. The zero-order valence-electron chi connectivity index (χ0n) is 7.97. The van der Waals surface area contributed by atoms with Gasteiger partial charge < -0.3 is 4.74 Å². The first-order valence-corrected chi connectivity index (χ1v) is 4.66. The second kappa shape index (κ2) is 4.79. The van der Waals surface area contributed by atoms with Crippen LogP contribution in [-0.4, -0.2) is 17.5 Å². The van der Waals surface area contributed by atoms with Crippen molar-refractivity contribution in [2.45, 2.75) is 11.8 Å². The highest BCUT2D eigenvalue weighted by atomic mass is 32.1. The zero-order chi connectivity index (χ0) is 11.4. The second-order valence-corrected chi connectivity index (χ2v) is 3.10. The van der Waals surface area contributed by atoms with E-state index in [-0.39, 0.29) is 22.8 Å². The van der Waals surface area contributed by atoms with Crippen molar-refractivity contribution in [2.24, 2.45) is 0 Å². The van der Waals surface area contributed by atoms with Crippen LogP contribution in [0.25, 0.3) is 0 Å². The van der Waals surface area contributed by atoms with Crippen molar-refractivity contribution in [1.82, 2.24) is 0 Å². The second-order valence-electron chi connectivity index (χ2n) is 2.65. The van der Waals surface area contributed by atoms with Crippen molar-refractivity contribution in [3.8, 4) is 0 Å². The molecule has 0 amide bonds. The van der Waals surface area contributed by atoms with E-state index in [2.05, 4.69) is 12.6 Å². The number of thiol groups is 1. The number of nitrogens with zero attached hydrogens (tertiary/aromatic N) is 1. The van der Waals surface area contributed by atoms with Crippen LogP contribution >= 0.6 is 12.6 Å². The van der Waals surface area contributed by atoms with Gasteiger partial charge >= 0.3 is 5.97 Å². The van der Waals surface area contributed by atoms with Crippen LogP contribution in [0.2, 0.25) is 0 Å². The Hall–Kier alpha value is -1.56. The SMILES string of the molecule is CCOC(=O)c1cccc([N+](=O)[O-])c1S. The number of ether oxygens (including phenoxy) is 1. The van der Waals surface area contributed by atoms with Gasteiger partial charge in [0.25, 0.3) is 5.69 Å². The van der Waals surface area contributed by atoms with E-state index in [1.807, 2.05) is 0 Å². The first-order chi connectivity index (χ1) is 7.07. The van der Waals surface area contributed by atoms with Crippen LogP contribution in [-0.2, 0) is 4.74 Å². The van der Waals surface area contributed by atoms with Crippen LogP contribution in [0.5, 0.6) is 0 Å². The minimum Gasteiger partial charge on any atom is -0.462 e. The third kappa shape index (κ3) is 2.47. The van der Waals surface area contributed by atoms with Gasteiger partial charge in [-0.05, 0) is 13.0 Å². The average Bonchev–Trinajstić information content (AvgIpc) is 2.17. The molecule has 0 heterocycles. The topological polar surface area (TPSA) is 69.4 Å². The summed E-state index contributed by atoms with van der Waals surface area (Å²) < 4.78 is 4.73. The van der Waals surface area contributed by atoms with Gasteiger partial charge in [-0.3, -0.25) is 10.1 Å². The summed E-state index contributed by atoms with van der Waals surface area (Å²) in [4.78, 5) is 21.3. The molecule has 6 heteroatoms. The predicted molar refractivity (Wildman–Crippen MR) is 56.3 cm³/mol. The molecule has 0 unspecified atom stereocenters. The molecule has 0 N–H and O–H groups in total. The van der Waals surface area contributed by atoms with Crippen molar-refractivity contribution in [1.29, 1.82) is 0 Å². The van der Waals surface area contributed by atoms with E-state index in [9.17, 15) is 14.9 Å². The molecule has 0 radical (unpaired) electrons. The number of nitro benzene ring substituents is 1. The number of benzene rings is 1. The van der Waals surface area contributed by atoms with E-state index in [0.29, 0.717) is 0 Å². The van der Waals surface area contributed by atoms with Crippen molar-refractivity contribution in [3.63, 3.8) is 0 Å². The lowest BCUT2D eigenvalue weighted by atomic mass is 10.2. The van der Waals surface area contributed by atoms with Crippen LogP contribution in [0.4, 0.5) is 5.69 Å². The highest BCUT2D eigenvalue weighted by molar-refractivity contribution is 7.80. The maximum absolute atomic E-state index is 11.3. The normalized spacial score (nSPS) is 9.73. The van der Waals surface area contributed by atoms with Gasteiger partial charge in [0.05, 0.1) is 22.0 Å². The van der Waals surface area contributed by atoms with Crippen molar-refractivity contribution >= 4 is 24.3 Å². The summed E-state index contributed by atoms with van der Waals surface area (Å²) in [5.74, 6) is -0.605. The minimum absolute atomic E-state index is 0.0287. The highest BCUT2D eigenvalue weighted by Crippen LogP contribution is 2.26. The Morgan fingerprint density at radius 3 is 2.80 bits per heavy atom. The van der Waals surface area contributed by atoms with Crippen LogP contribution in [0.1, 0.15) is 17.3 Å². The number of carbonyl (C=O) groups excluding carboxylic acids is 1. The highest BCUT2D eigenvalue weighted by Gasteiger charge is 2.19. The Labute approximate surface area is 91.6 Å². The first-order valence-electron chi connectivity index (χ1n) is 4.21. The molecular weight excluding hydrogens is 218 g/mol. The Bertz CT molecular complexity index is 405. The average molecular weight is 227 g/mol. The van der Waals surface area contributed by atoms with Gasteiger partial charge in [0.15, 0.2) is 0 Å². The van der Waals surface area contributed by atoms with Crippen LogP contribution in [0, 0.1) is 10.1 Å². The summed E-state index contributed by atoms with van der Waals surface area (Å²) in [6.07, 6.45) is 0. The number of nitro groups is 1. The Morgan fingerprint density at radius 2 is 2.27 bits per heavy atom. The van der Waals surface area contributed by atoms with E-state index in [4.69, 9.17) is 4.74 Å². The third-order valence-corrected chi connectivity index (χ3v) is 2.18. The Balaban J connectivity index is 3.15. The van der Waals surface area contributed by atoms with E-state index in [1.165, 1.54) is 18.2 Å². The van der Waals surface area contributed by atoms with Crippen LogP contribution < -0.4 is 0 Å². The molecule has 0 aliphatic heterocycles. The lowest BCUT2D eigenvalue weighted by Gasteiger charge is -2.04. The zero-order valence-corrected chi connectivity index (χ0v) is 8.86. The van der Waals surface area contributed by atoms with E-state index in [0.717, 1.165) is 0 Å². The molecule has 0 aliphatic carbocycles. The summed E-state index contributed by atoms with van der Waals surface area (Å²) >= 11 is 3.94. The molecule has 0 saturated carbocycles. The number of hydrogen-bond acceptors (Lipinski definition) is 5. The van der Waals surface area contributed by atoms with Gasteiger partial charge in [0.1, 0.15) is 0 Å². The molecule has 1 aromatic rings. The van der Waals surface area contributed by atoms with Crippen molar-refractivity contribution in [2.75, 3.05) is 6.61 Å². The number of carbonyl (C=O) groups is 1. The van der Waals surface area contributed by atoms with Gasteiger partial charge in [-0.25, -0.2) is 4.79 Å². The third-order valence-electron chi connectivity index (χ3n) is 1.71. The van der Waals surface area contributed by atoms with Crippen LogP contribution in [0.15, 0.2) is 23.1 Å². The summed E-state index contributed by atoms with van der Waals surface area (Å²) in [5, 5.41) is 10.6. The molecule has 0 fully saturated rings. The molecule has 0 aliphatic rings. The molecule has 1 aromatic carbocycles. The number of hydrogen-bond donors (Lipinski definition) is 1. The van der Waals surface area contributed by atoms with Gasteiger partial charge in [-0.15, -0.1) is 12.6 Å². The largest absolute Gasteiger partial charge is 0.462 e. The Kier molecular flexibility index (Phi) is 3.68. The fraction of sp³-hybridized carbons (Fsp3) is 0.222. The van der Waals surface area contributed by atoms with Gasteiger partial charge in [-0.1, -0.05) is 6.07 Å². The number of esters is 1. The molecule has 0 bridgehead atoms. The molecule has 80 valence electrons. The quantitative estimate of drug-likeness (QED) is 0.371. The predicted octanol–water partition coefficient (Wildman–Crippen LogP) is 2.06. The summed E-state index contributed by atoms with van der Waals surface area (Å²) in [6, 6.07) is 4.14. The number of rotatable bonds is 3. The summed E-state index contributed by atoms with van der Waals surface area (Å²) in [7, 11) is 0. The van der Waals surface area contributed by atoms with E-state index >= 15 is 0 Å². The van der Waals surface area contributed by atoms with Gasteiger partial charge in [0, 0.05) is 6.07 Å². The molecule has 1 rings (SSSR count). The van der Waals surface area contributed by atoms with Crippen molar-refractivity contribution in [3.05, 3.63) is 33.9 Å². The molecule has 0 saturated heterocycles. The van der Waals surface area contributed by atoms with E-state index < -0.39 is 10.9 Å². The smallest absolute Gasteiger partial charge is 0.339 e. The maximum Gasteiger partial charge on any atom is 0.339 e. The van der Waals surface area contributed by atoms with Gasteiger partial charge in [0.2, 0.25) is 0 Å². The molecule has 5 nitrogen and oxygen atoms in total. The monoisotopic (exact) mass is 227 g/mol. The first kappa shape index (κ1) is 11.5. The molecular formula is C9H9NO4S. The van der Waals surface area contributed by atoms with Crippen molar-refractivity contribution < 1.29 is 14.5 Å². The lowest BCUT2D eigenvalue weighted by molar-refractivity contribution is -0.387. The molecule has 0 spiro atoms. The van der Waals surface area contributed by atoms with Crippen LogP contribution in [0.3, 0.4) is 0 Å². The maximum atomic E-state index is 11.3. The van der Waals surface area contributed by atoms with E-state index in [1.54, 1.807) is 6.92 Å². The fourth-order valence-electron chi connectivity index (χ4n) is 1.05.